The Hall–Kier alpha value is -2.38. The Morgan fingerprint density at radius 1 is 1.19 bits per heavy atom. The molecule has 0 saturated heterocycles. The van der Waals surface area contributed by atoms with E-state index in [2.05, 4.69) is 15.0 Å². The maximum atomic E-state index is 12.7. The molecule has 2 aromatic rings. The third-order valence-electron chi connectivity index (χ3n) is 2.52. The van der Waals surface area contributed by atoms with Crippen molar-refractivity contribution in [2.45, 2.75) is 19.5 Å². The van der Waals surface area contributed by atoms with Crippen LogP contribution in [0.3, 0.4) is 0 Å². The van der Waals surface area contributed by atoms with Crippen LogP contribution in [0, 0.1) is 0 Å². The highest BCUT2D eigenvalue weighted by Gasteiger charge is 2.33. The Balaban J connectivity index is 2.40. The second-order valence-corrected chi connectivity index (χ2v) is 4.25. The minimum absolute atomic E-state index is 0.0456. The van der Waals surface area contributed by atoms with Crippen LogP contribution < -0.4 is 10.5 Å². The van der Waals surface area contributed by atoms with E-state index >= 15 is 0 Å². The van der Waals surface area contributed by atoms with Crippen LogP contribution in [0.2, 0.25) is 0 Å². The summed E-state index contributed by atoms with van der Waals surface area (Å²) in [5.74, 6) is 0.0137. The van der Waals surface area contributed by atoms with E-state index in [4.69, 9.17) is 10.5 Å². The lowest BCUT2D eigenvalue weighted by Crippen LogP contribution is -2.11. The zero-order chi connectivity index (χ0) is 15.5. The molecule has 0 saturated carbocycles. The van der Waals surface area contributed by atoms with Gasteiger partial charge in [-0.25, -0.2) is 9.97 Å². The van der Waals surface area contributed by atoms with Crippen LogP contribution in [-0.2, 0) is 6.18 Å². The number of nitrogens with zero attached hydrogens (tertiary/aromatic N) is 3. The van der Waals surface area contributed by atoms with Gasteiger partial charge in [0.25, 0.3) is 0 Å². The van der Waals surface area contributed by atoms with E-state index in [0.717, 1.165) is 12.5 Å². The number of aromatic nitrogens is 3. The summed E-state index contributed by atoms with van der Waals surface area (Å²) >= 11 is 0. The zero-order valence-electron chi connectivity index (χ0n) is 11.2. The summed E-state index contributed by atoms with van der Waals surface area (Å²) in [6.45, 7) is 2.43. The molecule has 0 fully saturated rings. The van der Waals surface area contributed by atoms with Crippen molar-refractivity contribution in [3.8, 4) is 17.0 Å². The molecule has 0 atom stereocenters. The molecule has 0 spiro atoms. The average molecular weight is 298 g/mol. The van der Waals surface area contributed by atoms with Crippen molar-refractivity contribution in [2.24, 2.45) is 0 Å². The number of nitrogens with two attached hydrogens (primary N) is 1. The smallest absolute Gasteiger partial charge is 0.433 e. The lowest BCUT2D eigenvalue weighted by Gasteiger charge is -2.09. The molecular formula is C13H13F3N4O. The van der Waals surface area contributed by atoms with Gasteiger partial charge in [-0.2, -0.15) is 13.2 Å². The molecule has 0 bridgehead atoms. The van der Waals surface area contributed by atoms with Crippen LogP contribution in [0.5, 0.6) is 5.75 Å². The molecule has 0 radical (unpaired) electrons. The second-order valence-electron chi connectivity index (χ2n) is 4.25. The average Bonchev–Trinajstić information content (AvgIpc) is 2.44. The van der Waals surface area contributed by atoms with Gasteiger partial charge in [0, 0.05) is 11.8 Å². The lowest BCUT2D eigenvalue weighted by molar-refractivity contribution is -0.141. The third-order valence-corrected chi connectivity index (χ3v) is 2.52. The number of rotatable bonds is 4. The summed E-state index contributed by atoms with van der Waals surface area (Å²) in [5, 5.41) is 0. The molecule has 0 aliphatic carbocycles. The maximum absolute atomic E-state index is 12.7. The van der Waals surface area contributed by atoms with Gasteiger partial charge in [-0.3, -0.25) is 4.98 Å². The second kappa shape index (κ2) is 5.94. The fourth-order valence-corrected chi connectivity index (χ4v) is 1.62. The number of hydrogen-bond donors (Lipinski definition) is 1. The highest BCUT2D eigenvalue weighted by atomic mass is 19.4. The molecule has 2 rings (SSSR count). The molecule has 0 amide bonds. The van der Waals surface area contributed by atoms with Crippen LogP contribution in [0.4, 0.5) is 19.1 Å². The molecule has 21 heavy (non-hydrogen) atoms. The predicted molar refractivity (Wildman–Crippen MR) is 70.5 cm³/mol. The van der Waals surface area contributed by atoms with E-state index in [-0.39, 0.29) is 5.69 Å². The van der Waals surface area contributed by atoms with Crippen LogP contribution in [-0.4, -0.2) is 21.6 Å². The van der Waals surface area contributed by atoms with E-state index in [1.54, 1.807) is 6.07 Å². The topological polar surface area (TPSA) is 73.9 Å². The number of pyridine rings is 1. The van der Waals surface area contributed by atoms with Gasteiger partial charge in [-0.1, -0.05) is 6.92 Å². The summed E-state index contributed by atoms with van der Waals surface area (Å²) in [6, 6.07) is 2.39. The quantitative estimate of drug-likeness (QED) is 0.939. The standard InChI is InChI=1S/C13H13F3N4O/c1-2-3-21-9-4-8(6-18-7-9)10-5-11(13(14,15)16)20-12(17)19-10/h4-7H,2-3H2,1H3,(H2,17,19,20). The van der Waals surface area contributed by atoms with Crippen LogP contribution in [0.15, 0.2) is 24.5 Å². The largest absolute Gasteiger partial charge is 0.492 e. The Labute approximate surface area is 119 Å². The summed E-state index contributed by atoms with van der Waals surface area (Å²) in [5.41, 5.74) is 4.67. The van der Waals surface area contributed by atoms with E-state index in [1.807, 2.05) is 6.92 Å². The van der Waals surface area contributed by atoms with E-state index in [9.17, 15) is 13.2 Å². The first-order valence-electron chi connectivity index (χ1n) is 6.20. The fraction of sp³-hybridized carbons (Fsp3) is 0.308. The number of hydrogen-bond acceptors (Lipinski definition) is 5. The van der Waals surface area contributed by atoms with Gasteiger partial charge in [-0.15, -0.1) is 0 Å². The summed E-state index contributed by atoms with van der Waals surface area (Å²) < 4.78 is 43.6. The van der Waals surface area contributed by atoms with Gasteiger partial charge in [-0.05, 0) is 18.6 Å². The molecule has 8 heteroatoms. The minimum Gasteiger partial charge on any atom is -0.492 e. The van der Waals surface area contributed by atoms with Crippen LogP contribution in [0.25, 0.3) is 11.3 Å². The molecule has 2 aromatic heterocycles. The molecule has 0 unspecified atom stereocenters. The van der Waals surface area contributed by atoms with Crippen molar-refractivity contribution < 1.29 is 17.9 Å². The third kappa shape index (κ3) is 3.80. The fourth-order valence-electron chi connectivity index (χ4n) is 1.62. The molecule has 5 nitrogen and oxygen atoms in total. The monoisotopic (exact) mass is 298 g/mol. The first kappa shape index (κ1) is 15.0. The first-order valence-corrected chi connectivity index (χ1v) is 6.20. The number of nitrogen functional groups attached to an aromatic ring is 1. The van der Waals surface area contributed by atoms with Gasteiger partial charge in [0.1, 0.15) is 5.75 Å². The molecule has 2 heterocycles. The Morgan fingerprint density at radius 2 is 1.95 bits per heavy atom. The first-order chi connectivity index (χ1) is 9.90. The minimum atomic E-state index is -4.59. The van der Waals surface area contributed by atoms with Gasteiger partial charge < -0.3 is 10.5 Å². The van der Waals surface area contributed by atoms with Gasteiger partial charge in [0.2, 0.25) is 5.95 Å². The van der Waals surface area contributed by atoms with Gasteiger partial charge in [0.05, 0.1) is 18.5 Å². The highest BCUT2D eigenvalue weighted by molar-refractivity contribution is 5.61. The molecule has 2 N–H and O–H groups in total. The summed E-state index contributed by atoms with van der Waals surface area (Å²) in [6.07, 6.45) is -0.909. The Kier molecular flexibility index (Phi) is 4.25. The summed E-state index contributed by atoms with van der Waals surface area (Å²) in [4.78, 5) is 10.9. The van der Waals surface area contributed by atoms with E-state index < -0.39 is 17.8 Å². The molecule has 112 valence electrons. The van der Waals surface area contributed by atoms with Crippen molar-refractivity contribution in [3.05, 3.63) is 30.2 Å². The molecule has 0 aliphatic rings. The molecular weight excluding hydrogens is 285 g/mol. The van der Waals surface area contributed by atoms with Crippen LogP contribution in [0.1, 0.15) is 19.0 Å². The van der Waals surface area contributed by atoms with E-state index in [1.165, 1.54) is 12.4 Å². The molecule has 0 aromatic carbocycles. The Bertz CT molecular complexity index is 631. The normalized spacial score (nSPS) is 11.4. The van der Waals surface area contributed by atoms with Crippen LogP contribution >= 0.6 is 0 Å². The maximum Gasteiger partial charge on any atom is 0.433 e. The molecule has 0 aliphatic heterocycles. The van der Waals surface area contributed by atoms with Crippen molar-refractivity contribution in [1.82, 2.24) is 15.0 Å². The SMILES string of the molecule is CCCOc1cncc(-c2cc(C(F)(F)F)nc(N)n2)c1. The number of anilines is 1. The van der Waals surface area contributed by atoms with Gasteiger partial charge >= 0.3 is 6.18 Å². The van der Waals surface area contributed by atoms with Gasteiger partial charge in [0.15, 0.2) is 5.69 Å². The number of ether oxygens (including phenoxy) is 1. The predicted octanol–water partition coefficient (Wildman–Crippen LogP) is 2.93. The van der Waals surface area contributed by atoms with Crippen molar-refractivity contribution in [2.75, 3.05) is 12.3 Å². The van der Waals surface area contributed by atoms with Crippen molar-refractivity contribution >= 4 is 5.95 Å². The van der Waals surface area contributed by atoms with E-state index in [0.29, 0.717) is 17.9 Å². The summed E-state index contributed by atoms with van der Waals surface area (Å²) in [7, 11) is 0. The number of halogens is 3. The lowest BCUT2D eigenvalue weighted by atomic mass is 10.2. The highest BCUT2D eigenvalue weighted by Crippen LogP contribution is 2.31. The van der Waals surface area contributed by atoms with Crippen molar-refractivity contribution in [3.63, 3.8) is 0 Å². The Morgan fingerprint density at radius 3 is 2.62 bits per heavy atom. The zero-order valence-corrected chi connectivity index (χ0v) is 11.2. The van der Waals surface area contributed by atoms with Crippen molar-refractivity contribution in [1.29, 1.82) is 0 Å². The number of alkyl halides is 3.